The van der Waals surface area contributed by atoms with Crippen molar-refractivity contribution in [3.05, 3.63) is 59.7 Å². The van der Waals surface area contributed by atoms with E-state index in [0.717, 1.165) is 22.3 Å². The topological polar surface area (TPSA) is 108 Å². The smallest absolute Gasteiger partial charge is 0.408 e. The highest BCUT2D eigenvalue weighted by Crippen LogP contribution is 2.44. The summed E-state index contributed by atoms with van der Waals surface area (Å²) < 4.78 is 5.61. The predicted octanol–water partition coefficient (Wildman–Crippen LogP) is 3.21. The molecule has 0 aromatic heterocycles. The fraction of sp³-hybridized carbons (Fsp3) is 0.423. The molecule has 2 aromatic carbocycles. The molecule has 3 rings (SSSR count). The van der Waals surface area contributed by atoms with Gasteiger partial charge in [-0.25, -0.2) is 9.59 Å². The number of nitrogens with zero attached hydrogens (tertiary/aromatic N) is 1. The van der Waals surface area contributed by atoms with Gasteiger partial charge < -0.3 is 25.4 Å². The number of carboxylic acids is 1. The van der Waals surface area contributed by atoms with Crippen molar-refractivity contribution in [2.24, 2.45) is 0 Å². The fourth-order valence-electron chi connectivity index (χ4n) is 4.48. The van der Waals surface area contributed by atoms with Crippen LogP contribution in [-0.4, -0.2) is 66.8 Å². The van der Waals surface area contributed by atoms with Gasteiger partial charge in [0.2, 0.25) is 5.91 Å². The second kappa shape index (κ2) is 10.7. The van der Waals surface area contributed by atoms with Crippen LogP contribution in [0, 0.1) is 0 Å². The van der Waals surface area contributed by atoms with Crippen molar-refractivity contribution in [2.45, 2.75) is 44.2 Å². The summed E-state index contributed by atoms with van der Waals surface area (Å²) >= 11 is 0. The summed E-state index contributed by atoms with van der Waals surface area (Å²) in [7, 11) is 3.45. The number of likely N-dealkylation sites (N-methyl/N-ethyl adjacent to an activating group) is 1. The lowest BCUT2D eigenvalue weighted by Gasteiger charge is -2.32. The van der Waals surface area contributed by atoms with E-state index in [1.807, 2.05) is 36.4 Å². The number of benzene rings is 2. The predicted molar refractivity (Wildman–Crippen MR) is 130 cm³/mol. The van der Waals surface area contributed by atoms with Crippen LogP contribution in [0.2, 0.25) is 0 Å². The average Bonchev–Trinajstić information content (AvgIpc) is 3.14. The zero-order valence-corrected chi connectivity index (χ0v) is 20.1. The third-order valence-electron chi connectivity index (χ3n) is 6.48. The van der Waals surface area contributed by atoms with Gasteiger partial charge in [0.25, 0.3) is 0 Å². The molecule has 8 nitrogen and oxygen atoms in total. The number of rotatable bonds is 10. The minimum atomic E-state index is -1.28. The molecule has 2 aromatic rings. The first-order valence-corrected chi connectivity index (χ1v) is 11.5. The average molecular weight is 468 g/mol. The lowest BCUT2D eigenvalue weighted by atomic mass is 9.91. The van der Waals surface area contributed by atoms with Crippen LogP contribution in [0.4, 0.5) is 4.79 Å². The van der Waals surface area contributed by atoms with E-state index in [-0.39, 0.29) is 31.9 Å². The molecule has 2 amide bonds. The summed E-state index contributed by atoms with van der Waals surface area (Å²) in [6, 6.07) is 15.0. The number of aliphatic carboxylic acids is 1. The maximum atomic E-state index is 13.1. The van der Waals surface area contributed by atoms with Crippen LogP contribution in [0.3, 0.4) is 0 Å². The molecule has 0 saturated heterocycles. The van der Waals surface area contributed by atoms with Crippen LogP contribution in [0.15, 0.2) is 48.5 Å². The van der Waals surface area contributed by atoms with Crippen LogP contribution in [0.25, 0.3) is 11.1 Å². The first kappa shape index (κ1) is 25.2. The number of hydrogen-bond donors (Lipinski definition) is 3. The Morgan fingerprint density at radius 2 is 1.53 bits per heavy atom. The van der Waals surface area contributed by atoms with Crippen molar-refractivity contribution in [1.82, 2.24) is 15.5 Å². The summed E-state index contributed by atoms with van der Waals surface area (Å²) in [6.45, 7) is 3.81. The van der Waals surface area contributed by atoms with Gasteiger partial charge in [0.05, 0.1) is 0 Å². The maximum absolute atomic E-state index is 13.1. The summed E-state index contributed by atoms with van der Waals surface area (Å²) in [5, 5.41) is 14.8. The molecule has 0 bridgehead atoms. The van der Waals surface area contributed by atoms with Crippen molar-refractivity contribution in [3.8, 4) is 11.1 Å². The first-order valence-electron chi connectivity index (χ1n) is 11.5. The monoisotopic (exact) mass is 467 g/mol. The minimum absolute atomic E-state index is 0.0962. The third-order valence-corrected chi connectivity index (χ3v) is 6.48. The van der Waals surface area contributed by atoms with Crippen LogP contribution >= 0.6 is 0 Å². The number of nitrogens with one attached hydrogen (secondary N) is 2. The van der Waals surface area contributed by atoms with E-state index in [0.29, 0.717) is 0 Å². The Labute approximate surface area is 200 Å². The van der Waals surface area contributed by atoms with Crippen molar-refractivity contribution < 1.29 is 24.2 Å². The lowest BCUT2D eigenvalue weighted by Crippen LogP contribution is -2.61. The van der Waals surface area contributed by atoms with Gasteiger partial charge in [-0.15, -0.1) is 0 Å². The first-order chi connectivity index (χ1) is 16.2. The van der Waals surface area contributed by atoms with E-state index in [1.165, 1.54) is 0 Å². The van der Waals surface area contributed by atoms with Gasteiger partial charge in [0.1, 0.15) is 18.2 Å². The van der Waals surface area contributed by atoms with Gasteiger partial charge in [-0.1, -0.05) is 62.4 Å². The number of fused-ring (bicyclic) bond motifs is 3. The molecular weight excluding hydrogens is 434 g/mol. The zero-order valence-electron chi connectivity index (χ0n) is 20.1. The van der Waals surface area contributed by atoms with Gasteiger partial charge in [0.15, 0.2) is 0 Å². The normalized spacial score (nSPS) is 13.7. The number of carbonyl (C=O) groups excluding carboxylic acids is 2. The molecule has 0 unspecified atom stereocenters. The Morgan fingerprint density at radius 1 is 1.00 bits per heavy atom. The Balaban J connectivity index is 1.71. The molecule has 34 heavy (non-hydrogen) atoms. The third kappa shape index (κ3) is 5.22. The molecule has 0 radical (unpaired) electrons. The largest absolute Gasteiger partial charge is 0.480 e. The van der Waals surface area contributed by atoms with Crippen molar-refractivity contribution in [1.29, 1.82) is 0 Å². The van der Waals surface area contributed by atoms with E-state index in [1.54, 1.807) is 32.8 Å². The zero-order chi connectivity index (χ0) is 24.9. The molecule has 8 heteroatoms. The highest BCUT2D eigenvalue weighted by molar-refractivity contribution is 5.92. The fourth-order valence-corrected chi connectivity index (χ4v) is 4.48. The van der Waals surface area contributed by atoms with E-state index in [2.05, 4.69) is 22.8 Å². The van der Waals surface area contributed by atoms with Crippen molar-refractivity contribution in [3.63, 3.8) is 0 Å². The number of carboxylic acid groups (broad SMARTS) is 1. The second-order valence-electron chi connectivity index (χ2n) is 8.87. The summed E-state index contributed by atoms with van der Waals surface area (Å²) in [4.78, 5) is 39.2. The molecular formula is C26H33N3O5. The van der Waals surface area contributed by atoms with Gasteiger partial charge in [-0.05, 0) is 49.2 Å². The summed E-state index contributed by atoms with van der Waals surface area (Å²) in [5.74, 6) is -1.77. The lowest BCUT2D eigenvalue weighted by molar-refractivity contribution is -0.143. The number of hydrogen-bond acceptors (Lipinski definition) is 5. The highest BCUT2D eigenvalue weighted by Gasteiger charge is 2.39. The molecule has 1 aliphatic carbocycles. The Kier molecular flexibility index (Phi) is 7.94. The molecule has 0 heterocycles. The molecule has 1 aliphatic rings. The van der Waals surface area contributed by atoms with Crippen LogP contribution in [0.5, 0.6) is 0 Å². The van der Waals surface area contributed by atoms with E-state index in [9.17, 15) is 19.5 Å². The van der Waals surface area contributed by atoms with E-state index in [4.69, 9.17) is 4.74 Å². The van der Waals surface area contributed by atoms with Gasteiger partial charge in [-0.3, -0.25) is 4.79 Å². The van der Waals surface area contributed by atoms with Crippen molar-refractivity contribution >= 4 is 18.0 Å². The summed E-state index contributed by atoms with van der Waals surface area (Å²) in [6.07, 6.45) is -0.137. The van der Waals surface area contributed by atoms with Crippen molar-refractivity contribution in [2.75, 3.05) is 27.2 Å². The van der Waals surface area contributed by atoms with Gasteiger partial charge in [-0.2, -0.15) is 0 Å². The molecule has 1 atom stereocenters. The number of amides is 2. The quantitative estimate of drug-likeness (QED) is 0.495. The van der Waals surface area contributed by atoms with E-state index >= 15 is 0 Å². The Morgan fingerprint density at radius 3 is 2.00 bits per heavy atom. The van der Waals surface area contributed by atoms with Crippen LogP contribution in [0.1, 0.15) is 43.7 Å². The summed E-state index contributed by atoms with van der Waals surface area (Å²) in [5.41, 5.74) is 3.17. The molecule has 0 spiro atoms. The molecule has 0 saturated carbocycles. The molecule has 182 valence electrons. The van der Waals surface area contributed by atoms with Crippen LogP contribution < -0.4 is 10.6 Å². The highest BCUT2D eigenvalue weighted by atomic mass is 16.5. The second-order valence-corrected chi connectivity index (χ2v) is 8.87. The van der Waals surface area contributed by atoms with E-state index < -0.39 is 29.6 Å². The molecule has 0 aliphatic heterocycles. The Hall–Kier alpha value is -3.39. The number of carbonyl (C=O) groups is 3. The van der Waals surface area contributed by atoms with Gasteiger partial charge >= 0.3 is 12.1 Å². The Bertz CT molecular complexity index is 1000. The van der Waals surface area contributed by atoms with Gasteiger partial charge in [0, 0.05) is 12.5 Å². The SMILES string of the molecule is CCC(CC)(NC(=O)OCC1c2ccccc2-c2ccccc21)C(=O)N[C@@H](CN(C)C)C(=O)O. The number of alkyl carbamates (subject to hydrolysis) is 1. The standard InChI is InChI=1S/C26H33N3O5/c1-5-26(6-2,24(32)27-22(23(30)31)15-29(3)4)28-25(33)34-16-21-19-13-9-7-11-17(19)18-12-8-10-14-20(18)21/h7-14,21-22H,5-6,15-16H2,1-4H3,(H,27,32)(H,28,33)(H,30,31)/t22-/m0/s1. The minimum Gasteiger partial charge on any atom is -0.480 e. The maximum Gasteiger partial charge on any atom is 0.408 e. The molecule has 3 N–H and O–H groups in total. The number of ether oxygens (including phenoxy) is 1. The molecule has 0 fully saturated rings. The van der Waals surface area contributed by atoms with Crippen LogP contribution in [-0.2, 0) is 14.3 Å².